The van der Waals surface area contributed by atoms with Crippen molar-refractivity contribution in [2.24, 2.45) is 4.99 Å². The third-order valence-electron chi connectivity index (χ3n) is 3.56. The van der Waals surface area contributed by atoms with Crippen LogP contribution in [0.3, 0.4) is 0 Å². The lowest BCUT2D eigenvalue weighted by atomic mass is 10.2. The minimum atomic E-state index is -0.286. The highest BCUT2D eigenvalue weighted by Crippen LogP contribution is 2.18. The van der Waals surface area contributed by atoms with Crippen molar-refractivity contribution in [3.8, 4) is 0 Å². The van der Waals surface area contributed by atoms with Gasteiger partial charge in [-0.1, -0.05) is 0 Å². The Morgan fingerprint density at radius 3 is 2.86 bits per heavy atom. The first-order valence-corrected chi connectivity index (χ1v) is 7.24. The van der Waals surface area contributed by atoms with Crippen molar-refractivity contribution >= 4 is 35.8 Å². The maximum atomic E-state index is 14.2. The summed E-state index contributed by atoms with van der Waals surface area (Å²) in [5, 5.41) is 6.36. The first-order chi connectivity index (χ1) is 10.2. The second-order valence-electron chi connectivity index (χ2n) is 5.34. The number of rotatable bonds is 3. The number of nitrogens with zero attached hydrogens (tertiary/aromatic N) is 3. The molecule has 22 heavy (non-hydrogen) atoms. The van der Waals surface area contributed by atoms with Crippen molar-refractivity contribution in [1.82, 2.24) is 15.6 Å². The second-order valence-corrected chi connectivity index (χ2v) is 5.34. The van der Waals surface area contributed by atoms with Gasteiger partial charge < -0.3 is 20.3 Å². The van der Waals surface area contributed by atoms with Crippen molar-refractivity contribution in [2.75, 3.05) is 37.7 Å². The Morgan fingerprint density at radius 2 is 2.23 bits per heavy atom. The maximum absolute atomic E-state index is 14.2. The Labute approximate surface area is 146 Å². The molecule has 1 saturated heterocycles. The van der Waals surface area contributed by atoms with E-state index in [-0.39, 0.29) is 29.8 Å². The Morgan fingerprint density at radius 1 is 1.45 bits per heavy atom. The predicted octanol–water partition coefficient (Wildman–Crippen LogP) is 1.11. The normalized spacial score (nSPS) is 20.9. The van der Waals surface area contributed by atoms with Crippen LogP contribution in [0.15, 0.2) is 17.3 Å². The van der Waals surface area contributed by atoms with Gasteiger partial charge in [-0.2, -0.15) is 0 Å². The van der Waals surface area contributed by atoms with Gasteiger partial charge in [-0.25, -0.2) is 9.37 Å². The monoisotopic (exact) mass is 421 g/mol. The number of hydrogen-bond donors (Lipinski definition) is 2. The highest BCUT2D eigenvalue weighted by atomic mass is 127. The molecule has 1 aromatic rings. The number of pyridine rings is 1. The van der Waals surface area contributed by atoms with E-state index in [1.54, 1.807) is 6.20 Å². The van der Waals surface area contributed by atoms with Gasteiger partial charge in [0.25, 0.3) is 0 Å². The molecule has 2 aliphatic rings. The fourth-order valence-electron chi connectivity index (χ4n) is 2.42. The van der Waals surface area contributed by atoms with E-state index in [0.29, 0.717) is 44.7 Å². The molecule has 1 unspecified atom stereocenters. The number of hydrogen-bond acceptors (Lipinski definition) is 6. The van der Waals surface area contributed by atoms with Crippen molar-refractivity contribution in [1.29, 1.82) is 0 Å². The van der Waals surface area contributed by atoms with E-state index in [1.165, 1.54) is 6.07 Å². The fraction of sp³-hybridized carbons (Fsp3) is 0.571. The third kappa shape index (κ3) is 4.19. The number of halogens is 2. The summed E-state index contributed by atoms with van der Waals surface area (Å²) in [4.78, 5) is 10.5. The SMILES string of the molecule is CC1CN=C(NCc2cnc(N3CCOCC3)c(F)c2)N1.I. The van der Waals surface area contributed by atoms with Gasteiger partial charge in [0.15, 0.2) is 17.6 Å². The van der Waals surface area contributed by atoms with Crippen molar-refractivity contribution in [3.63, 3.8) is 0 Å². The van der Waals surface area contributed by atoms with Gasteiger partial charge in [0, 0.05) is 31.9 Å². The van der Waals surface area contributed by atoms with Gasteiger partial charge in [-0.15, -0.1) is 24.0 Å². The second kappa shape index (κ2) is 7.91. The van der Waals surface area contributed by atoms with E-state index in [0.717, 1.165) is 18.1 Å². The van der Waals surface area contributed by atoms with Crippen LogP contribution in [-0.2, 0) is 11.3 Å². The first kappa shape index (κ1) is 17.2. The molecule has 2 N–H and O–H groups in total. The maximum Gasteiger partial charge on any atom is 0.191 e. The van der Waals surface area contributed by atoms with Gasteiger partial charge in [-0.3, -0.25) is 4.99 Å². The fourth-order valence-corrected chi connectivity index (χ4v) is 2.42. The summed E-state index contributed by atoms with van der Waals surface area (Å²) in [6, 6.07) is 1.88. The lowest BCUT2D eigenvalue weighted by Gasteiger charge is -2.28. The number of aliphatic imine (C=N–C) groups is 1. The summed E-state index contributed by atoms with van der Waals surface area (Å²) in [6.45, 7) is 5.94. The largest absolute Gasteiger partial charge is 0.378 e. The van der Waals surface area contributed by atoms with Gasteiger partial charge in [0.2, 0.25) is 0 Å². The lowest BCUT2D eigenvalue weighted by Crippen LogP contribution is -2.38. The van der Waals surface area contributed by atoms with E-state index in [9.17, 15) is 4.39 Å². The smallest absolute Gasteiger partial charge is 0.191 e. The zero-order chi connectivity index (χ0) is 14.7. The van der Waals surface area contributed by atoms with Crippen LogP contribution >= 0.6 is 24.0 Å². The van der Waals surface area contributed by atoms with Gasteiger partial charge in [0.05, 0.1) is 19.8 Å². The van der Waals surface area contributed by atoms with E-state index >= 15 is 0 Å². The van der Waals surface area contributed by atoms with Crippen LogP contribution in [0.2, 0.25) is 0 Å². The van der Waals surface area contributed by atoms with E-state index in [2.05, 4.69) is 27.5 Å². The summed E-state index contributed by atoms with van der Waals surface area (Å²) in [5.41, 5.74) is 0.800. The van der Waals surface area contributed by atoms with Crippen LogP contribution < -0.4 is 15.5 Å². The topological polar surface area (TPSA) is 61.8 Å². The molecule has 0 aliphatic carbocycles. The number of ether oxygens (including phenoxy) is 1. The van der Waals surface area contributed by atoms with E-state index < -0.39 is 0 Å². The molecule has 1 atom stereocenters. The molecule has 122 valence electrons. The molecule has 0 radical (unpaired) electrons. The molecule has 3 rings (SSSR count). The minimum absolute atomic E-state index is 0. The molecular weight excluding hydrogens is 400 g/mol. The highest BCUT2D eigenvalue weighted by Gasteiger charge is 2.17. The van der Waals surface area contributed by atoms with Crippen LogP contribution in [0.5, 0.6) is 0 Å². The average Bonchev–Trinajstić information content (AvgIpc) is 2.92. The Balaban J connectivity index is 0.00000176. The summed E-state index contributed by atoms with van der Waals surface area (Å²) in [6.07, 6.45) is 1.71. The van der Waals surface area contributed by atoms with Crippen LogP contribution in [0.25, 0.3) is 0 Å². The van der Waals surface area contributed by atoms with Crippen LogP contribution in [0, 0.1) is 5.82 Å². The lowest BCUT2D eigenvalue weighted by molar-refractivity contribution is 0.122. The Kier molecular flexibility index (Phi) is 6.18. The van der Waals surface area contributed by atoms with Crippen molar-refractivity contribution < 1.29 is 9.13 Å². The Bertz CT molecular complexity index is 536. The first-order valence-electron chi connectivity index (χ1n) is 7.24. The van der Waals surface area contributed by atoms with Crippen LogP contribution in [-0.4, -0.2) is 49.8 Å². The zero-order valence-corrected chi connectivity index (χ0v) is 14.8. The van der Waals surface area contributed by atoms with Crippen molar-refractivity contribution in [2.45, 2.75) is 19.5 Å². The van der Waals surface area contributed by atoms with E-state index in [1.807, 2.05) is 4.90 Å². The molecule has 0 spiro atoms. The summed E-state index contributed by atoms with van der Waals surface area (Å²) in [5.74, 6) is 0.887. The van der Waals surface area contributed by atoms with Crippen LogP contribution in [0.1, 0.15) is 12.5 Å². The number of anilines is 1. The predicted molar refractivity (Wildman–Crippen MR) is 94.4 cm³/mol. The summed E-state index contributed by atoms with van der Waals surface area (Å²) < 4.78 is 19.4. The average molecular weight is 421 g/mol. The molecular formula is C14H21FIN5O. The van der Waals surface area contributed by atoms with Crippen LogP contribution in [0.4, 0.5) is 10.2 Å². The molecule has 8 heteroatoms. The Hall–Kier alpha value is -1.16. The molecule has 0 saturated carbocycles. The molecule has 3 heterocycles. The number of guanidine groups is 1. The molecule has 0 amide bonds. The molecule has 0 bridgehead atoms. The van der Waals surface area contributed by atoms with Crippen molar-refractivity contribution in [3.05, 3.63) is 23.6 Å². The number of morpholine rings is 1. The molecule has 1 aromatic heterocycles. The minimum Gasteiger partial charge on any atom is -0.378 e. The quantitative estimate of drug-likeness (QED) is 0.717. The van der Waals surface area contributed by atoms with E-state index in [4.69, 9.17) is 4.74 Å². The highest BCUT2D eigenvalue weighted by molar-refractivity contribution is 14.0. The number of nitrogens with one attached hydrogen (secondary N) is 2. The van der Waals surface area contributed by atoms with Gasteiger partial charge in [0.1, 0.15) is 0 Å². The summed E-state index contributed by atoms with van der Waals surface area (Å²) >= 11 is 0. The molecule has 0 aromatic carbocycles. The molecule has 6 nitrogen and oxygen atoms in total. The van der Waals surface area contributed by atoms with Gasteiger partial charge >= 0.3 is 0 Å². The summed E-state index contributed by atoms with van der Waals surface area (Å²) in [7, 11) is 0. The molecule has 2 aliphatic heterocycles. The number of aromatic nitrogens is 1. The molecule has 1 fully saturated rings. The third-order valence-corrected chi connectivity index (χ3v) is 3.56. The standard InChI is InChI=1S/C14H20FN5O.HI/c1-10-7-17-14(19-10)18-9-11-6-12(15)13(16-8-11)20-2-4-21-5-3-20;/h6,8,10H,2-5,7,9H2,1H3,(H2,17,18,19);1H. The van der Waals surface area contributed by atoms with Gasteiger partial charge in [-0.05, 0) is 18.6 Å². The zero-order valence-electron chi connectivity index (χ0n) is 12.5.